The smallest absolute Gasteiger partial charge is 0.134 e. The van der Waals surface area contributed by atoms with Gasteiger partial charge < -0.3 is 19.3 Å². The Morgan fingerprint density at radius 3 is 2.92 bits per heavy atom. The van der Waals surface area contributed by atoms with Gasteiger partial charge in [0.1, 0.15) is 18.0 Å². The predicted octanol–water partition coefficient (Wildman–Crippen LogP) is 2.12. The molecule has 1 aliphatic heterocycles. The van der Waals surface area contributed by atoms with Crippen molar-refractivity contribution >= 4 is 11.6 Å². The highest BCUT2D eigenvalue weighted by atomic mass is 16.5. The number of hydrogen-bond donors (Lipinski definition) is 0. The average Bonchev–Trinajstić information content (AvgIpc) is 2.67. The van der Waals surface area contributed by atoms with Crippen LogP contribution in [-0.2, 0) is 9.47 Å². The van der Waals surface area contributed by atoms with Gasteiger partial charge in [-0.15, -0.1) is 0 Å². The van der Waals surface area contributed by atoms with Crippen molar-refractivity contribution in [3.8, 4) is 0 Å². The van der Waals surface area contributed by atoms with Gasteiger partial charge in [-0.3, -0.25) is 0 Å². The summed E-state index contributed by atoms with van der Waals surface area (Å²) in [6, 6.07) is 2.11. The third-order valence-corrected chi connectivity index (χ3v) is 4.72. The molecule has 0 saturated carbocycles. The number of aromatic nitrogens is 2. The number of anilines is 2. The molecule has 1 fully saturated rings. The van der Waals surface area contributed by atoms with Crippen LogP contribution >= 0.6 is 0 Å². The van der Waals surface area contributed by atoms with Crippen LogP contribution in [-0.4, -0.2) is 63.1 Å². The van der Waals surface area contributed by atoms with Gasteiger partial charge in [-0.1, -0.05) is 12.2 Å². The lowest BCUT2D eigenvalue weighted by molar-refractivity contribution is 0.122. The molecule has 0 aromatic carbocycles. The molecule has 24 heavy (non-hydrogen) atoms. The van der Waals surface area contributed by atoms with Crippen molar-refractivity contribution in [2.75, 3.05) is 62.9 Å². The fourth-order valence-corrected chi connectivity index (χ4v) is 3.31. The van der Waals surface area contributed by atoms with E-state index in [1.165, 1.54) is 12.8 Å². The Hall–Kier alpha value is -1.66. The molecule has 1 aliphatic carbocycles. The average molecular weight is 332 g/mol. The van der Waals surface area contributed by atoms with Gasteiger partial charge in [-0.25, -0.2) is 9.97 Å². The Morgan fingerprint density at radius 1 is 1.29 bits per heavy atom. The predicted molar refractivity (Wildman–Crippen MR) is 95.6 cm³/mol. The van der Waals surface area contributed by atoms with E-state index in [1.807, 2.05) is 0 Å². The Labute approximate surface area is 144 Å². The summed E-state index contributed by atoms with van der Waals surface area (Å²) in [5.41, 5.74) is 0. The van der Waals surface area contributed by atoms with E-state index in [4.69, 9.17) is 9.47 Å². The van der Waals surface area contributed by atoms with E-state index in [0.29, 0.717) is 12.5 Å². The topological polar surface area (TPSA) is 50.7 Å². The Kier molecular flexibility index (Phi) is 6.43. The van der Waals surface area contributed by atoms with Crippen LogP contribution in [0.5, 0.6) is 0 Å². The second kappa shape index (κ2) is 8.99. The summed E-state index contributed by atoms with van der Waals surface area (Å²) < 4.78 is 10.7. The molecule has 1 saturated heterocycles. The van der Waals surface area contributed by atoms with E-state index in [-0.39, 0.29) is 0 Å². The van der Waals surface area contributed by atoms with Crippen LogP contribution in [0.4, 0.5) is 11.6 Å². The first-order valence-electron chi connectivity index (χ1n) is 8.90. The molecule has 0 bridgehead atoms. The van der Waals surface area contributed by atoms with E-state index < -0.39 is 0 Å². The highest BCUT2D eigenvalue weighted by molar-refractivity contribution is 5.50. The molecule has 2 heterocycles. The first-order chi connectivity index (χ1) is 11.9. The maximum Gasteiger partial charge on any atom is 0.134 e. The van der Waals surface area contributed by atoms with Gasteiger partial charge in [0.25, 0.3) is 0 Å². The highest BCUT2D eigenvalue weighted by Gasteiger charge is 2.19. The van der Waals surface area contributed by atoms with E-state index in [2.05, 4.69) is 38.0 Å². The van der Waals surface area contributed by atoms with Crippen LogP contribution in [0.1, 0.15) is 19.3 Å². The number of morpholine rings is 1. The number of methoxy groups -OCH3 is 1. The minimum Gasteiger partial charge on any atom is -0.383 e. The van der Waals surface area contributed by atoms with E-state index >= 15 is 0 Å². The van der Waals surface area contributed by atoms with Crippen LogP contribution in [0.3, 0.4) is 0 Å². The largest absolute Gasteiger partial charge is 0.383 e. The molecule has 1 aromatic rings. The zero-order valence-electron chi connectivity index (χ0n) is 14.6. The van der Waals surface area contributed by atoms with Gasteiger partial charge in [0.15, 0.2) is 0 Å². The summed E-state index contributed by atoms with van der Waals surface area (Å²) in [4.78, 5) is 13.6. The van der Waals surface area contributed by atoms with Gasteiger partial charge in [0.05, 0.1) is 19.8 Å². The number of nitrogens with zero attached hydrogens (tertiary/aromatic N) is 4. The van der Waals surface area contributed by atoms with Crippen LogP contribution in [0.2, 0.25) is 0 Å². The van der Waals surface area contributed by atoms with Crippen LogP contribution < -0.4 is 9.80 Å². The maximum atomic E-state index is 5.43. The molecule has 132 valence electrons. The Balaban J connectivity index is 1.71. The third kappa shape index (κ3) is 4.68. The van der Waals surface area contributed by atoms with E-state index in [1.54, 1.807) is 13.4 Å². The lowest BCUT2D eigenvalue weighted by Gasteiger charge is -2.31. The molecular formula is C18H28N4O2. The number of ether oxygens (including phenoxy) is 2. The summed E-state index contributed by atoms with van der Waals surface area (Å²) in [6.07, 6.45) is 9.87. The zero-order chi connectivity index (χ0) is 16.6. The highest BCUT2D eigenvalue weighted by Crippen LogP contribution is 2.23. The number of rotatable bonds is 7. The fourth-order valence-electron chi connectivity index (χ4n) is 3.31. The standard InChI is InChI=1S/C18H28N4O2/c1-23-10-7-22(14-16-5-3-2-4-6-16)18-13-17(19-15-20-18)21-8-11-24-12-9-21/h2-3,13,15-16H,4-12,14H2,1H3/t16-/m1/s1. The number of allylic oxidation sites excluding steroid dienone is 2. The molecule has 0 N–H and O–H groups in total. The normalized spacial score (nSPS) is 21.0. The van der Waals surface area contributed by atoms with Crippen molar-refractivity contribution < 1.29 is 9.47 Å². The van der Waals surface area contributed by atoms with Crippen LogP contribution in [0, 0.1) is 5.92 Å². The Morgan fingerprint density at radius 2 is 2.17 bits per heavy atom. The monoisotopic (exact) mass is 332 g/mol. The Bertz CT molecular complexity index is 532. The van der Waals surface area contributed by atoms with Crippen molar-refractivity contribution in [1.82, 2.24) is 9.97 Å². The van der Waals surface area contributed by atoms with Gasteiger partial charge in [0, 0.05) is 39.4 Å². The molecule has 1 aromatic heterocycles. The second-order valence-corrected chi connectivity index (χ2v) is 6.42. The van der Waals surface area contributed by atoms with Crippen molar-refractivity contribution in [2.45, 2.75) is 19.3 Å². The molecule has 6 nitrogen and oxygen atoms in total. The lowest BCUT2D eigenvalue weighted by Crippen LogP contribution is -2.37. The zero-order valence-corrected chi connectivity index (χ0v) is 14.6. The van der Waals surface area contributed by atoms with Crippen molar-refractivity contribution in [3.05, 3.63) is 24.5 Å². The number of hydrogen-bond acceptors (Lipinski definition) is 6. The van der Waals surface area contributed by atoms with E-state index in [9.17, 15) is 0 Å². The van der Waals surface area contributed by atoms with Crippen molar-refractivity contribution in [1.29, 1.82) is 0 Å². The molecule has 0 unspecified atom stereocenters. The minimum atomic E-state index is 0.689. The van der Waals surface area contributed by atoms with E-state index in [0.717, 1.165) is 57.4 Å². The molecule has 0 radical (unpaired) electrons. The fraction of sp³-hybridized carbons (Fsp3) is 0.667. The molecule has 0 amide bonds. The molecule has 6 heteroatoms. The first kappa shape index (κ1) is 17.2. The van der Waals surface area contributed by atoms with Crippen LogP contribution in [0.25, 0.3) is 0 Å². The summed E-state index contributed by atoms with van der Waals surface area (Å²) in [5, 5.41) is 0. The van der Waals surface area contributed by atoms with Crippen molar-refractivity contribution in [3.63, 3.8) is 0 Å². The molecule has 1 atom stereocenters. The SMILES string of the molecule is COCCN(C[C@@H]1CC=CCC1)c1cc(N2CCOCC2)ncn1. The van der Waals surface area contributed by atoms with Crippen molar-refractivity contribution in [2.24, 2.45) is 5.92 Å². The molecular weight excluding hydrogens is 304 g/mol. The molecule has 2 aliphatic rings. The quantitative estimate of drug-likeness (QED) is 0.713. The summed E-state index contributed by atoms with van der Waals surface area (Å²) >= 11 is 0. The van der Waals surface area contributed by atoms with Gasteiger partial charge >= 0.3 is 0 Å². The lowest BCUT2D eigenvalue weighted by atomic mass is 9.94. The minimum absolute atomic E-state index is 0.689. The second-order valence-electron chi connectivity index (χ2n) is 6.42. The molecule has 3 rings (SSSR count). The summed E-state index contributed by atoms with van der Waals surface area (Å²) in [7, 11) is 1.75. The van der Waals surface area contributed by atoms with Gasteiger partial charge in [-0.2, -0.15) is 0 Å². The maximum absolute atomic E-state index is 5.43. The van der Waals surface area contributed by atoms with Gasteiger partial charge in [0.2, 0.25) is 0 Å². The summed E-state index contributed by atoms with van der Waals surface area (Å²) in [6.45, 7) is 5.90. The summed E-state index contributed by atoms with van der Waals surface area (Å²) in [5.74, 6) is 2.68. The third-order valence-electron chi connectivity index (χ3n) is 4.72. The van der Waals surface area contributed by atoms with Gasteiger partial charge in [-0.05, 0) is 25.2 Å². The first-order valence-corrected chi connectivity index (χ1v) is 8.90. The molecule has 0 spiro atoms. The van der Waals surface area contributed by atoms with Crippen LogP contribution in [0.15, 0.2) is 24.5 Å².